The number of hydrogen-bond acceptors (Lipinski definition) is 9. The summed E-state index contributed by atoms with van der Waals surface area (Å²) in [5.41, 5.74) is -1.91. The molecule has 1 aromatic rings. The largest absolute Gasteiger partial charge is 0.342 e. The molecule has 0 atom stereocenters. The second kappa shape index (κ2) is 7.00. The van der Waals surface area contributed by atoms with Crippen molar-refractivity contribution in [1.29, 1.82) is 0 Å². The lowest BCUT2D eigenvalue weighted by atomic mass is 10.2. The van der Waals surface area contributed by atoms with Gasteiger partial charge in [-0.25, -0.2) is 0 Å². The Kier molecular flexibility index (Phi) is 5.05. The topological polar surface area (TPSA) is 151 Å². The van der Waals surface area contributed by atoms with E-state index in [2.05, 4.69) is 5.16 Å². The average molecular weight is 342 g/mol. The van der Waals surface area contributed by atoms with E-state index in [4.69, 9.17) is 4.84 Å². The molecule has 11 nitrogen and oxygen atoms in total. The molecule has 0 aliphatic carbocycles. The fraction of sp³-hybridized carbons (Fsp3) is 0.364. The number of hydrogen-bond donors (Lipinski definition) is 0. The van der Waals surface area contributed by atoms with Crippen molar-refractivity contribution in [3.05, 3.63) is 42.5 Å². The third-order valence-corrected chi connectivity index (χ3v) is 4.04. The summed E-state index contributed by atoms with van der Waals surface area (Å²) < 4.78 is 0. The van der Waals surface area contributed by atoms with Gasteiger partial charge in [-0.1, -0.05) is 5.16 Å². The van der Waals surface area contributed by atoms with Gasteiger partial charge in [-0.15, -0.1) is 0 Å². The molecule has 1 aliphatic heterocycles. The number of benzene rings is 1. The highest BCUT2D eigenvalue weighted by Gasteiger charge is 2.33. The molecule has 0 bridgehead atoms. The number of non-ortho nitro benzene ring substituents is 1. The minimum Gasteiger partial charge on any atom is -0.342 e. The zero-order valence-corrected chi connectivity index (χ0v) is 12.4. The minimum atomic E-state index is -0.981. The molecule has 1 saturated heterocycles. The third kappa shape index (κ3) is 3.91. The number of nitro groups is 3. The summed E-state index contributed by atoms with van der Waals surface area (Å²) >= 11 is 1.60. The van der Waals surface area contributed by atoms with Crippen LogP contribution in [-0.2, 0) is 0 Å². The summed E-state index contributed by atoms with van der Waals surface area (Å²) in [4.78, 5) is 34.9. The van der Waals surface area contributed by atoms with Gasteiger partial charge in [0.1, 0.15) is 0 Å². The maximum absolute atomic E-state index is 11.1. The first kappa shape index (κ1) is 16.6. The molecule has 0 amide bonds. The zero-order chi connectivity index (χ0) is 17.0. The predicted molar refractivity (Wildman–Crippen MR) is 81.0 cm³/mol. The molecule has 12 heteroatoms. The van der Waals surface area contributed by atoms with Gasteiger partial charge in [-0.3, -0.25) is 30.3 Å². The lowest BCUT2D eigenvalue weighted by Gasteiger charge is -2.11. The molecular weight excluding hydrogens is 332 g/mol. The molecule has 122 valence electrons. The number of thioether (sulfide) groups is 1. The highest BCUT2D eigenvalue weighted by atomic mass is 32.2. The van der Waals surface area contributed by atoms with E-state index >= 15 is 0 Å². The van der Waals surface area contributed by atoms with Crippen molar-refractivity contribution in [2.75, 3.05) is 11.5 Å². The monoisotopic (exact) mass is 342 g/mol. The Balaban J connectivity index is 2.48. The summed E-state index contributed by atoms with van der Waals surface area (Å²) in [5, 5.41) is 36.6. The van der Waals surface area contributed by atoms with Crippen molar-refractivity contribution in [1.82, 2.24) is 0 Å². The minimum absolute atomic E-state index is 0.564. The van der Waals surface area contributed by atoms with Crippen molar-refractivity contribution in [3.63, 3.8) is 0 Å². The second-order valence-electron chi connectivity index (χ2n) is 4.49. The van der Waals surface area contributed by atoms with Gasteiger partial charge in [-0.2, -0.15) is 11.8 Å². The molecule has 23 heavy (non-hydrogen) atoms. The lowest BCUT2D eigenvalue weighted by molar-refractivity contribution is -0.404. The van der Waals surface area contributed by atoms with Gasteiger partial charge >= 0.3 is 17.1 Å². The van der Waals surface area contributed by atoms with Crippen LogP contribution in [0.2, 0.25) is 0 Å². The maximum atomic E-state index is 11.1. The Morgan fingerprint density at radius 3 is 2.09 bits per heavy atom. The van der Waals surface area contributed by atoms with Gasteiger partial charge in [0.05, 0.1) is 32.6 Å². The van der Waals surface area contributed by atoms with E-state index in [-0.39, 0.29) is 0 Å². The molecule has 1 aliphatic rings. The molecule has 0 unspecified atom stereocenters. The molecule has 0 spiro atoms. The Morgan fingerprint density at radius 1 is 1.04 bits per heavy atom. The Morgan fingerprint density at radius 2 is 1.65 bits per heavy atom. The highest BCUT2D eigenvalue weighted by Crippen LogP contribution is 2.40. The second-order valence-corrected chi connectivity index (χ2v) is 5.59. The summed E-state index contributed by atoms with van der Waals surface area (Å²) in [7, 11) is 0. The maximum Gasteiger partial charge on any atom is 0.328 e. The van der Waals surface area contributed by atoms with Gasteiger partial charge in [0.25, 0.3) is 5.69 Å². The van der Waals surface area contributed by atoms with Gasteiger partial charge in [0, 0.05) is 5.75 Å². The summed E-state index contributed by atoms with van der Waals surface area (Å²) in [6.07, 6.45) is 1.49. The van der Waals surface area contributed by atoms with Gasteiger partial charge in [-0.05, 0) is 18.6 Å². The standard InChI is InChI=1S/C11H10N4O7S/c16-13(17)8-4-9(14(18)19)11(10(5-8)15(20)21)22-12-7-2-1-3-23-6-7/h4-5H,1-3,6H2/b12-7-. The van der Waals surface area contributed by atoms with Gasteiger partial charge in [0.15, 0.2) is 0 Å². The fourth-order valence-electron chi connectivity index (χ4n) is 1.88. The number of rotatable bonds is 5. The first-order valence-electron chi connectivity index (χ1n) is 6.32. The number of oxime groups is 1. The number of nitro benzene ring substituents is 3. The van der Waals surface area contributed by atoms with Gasteiger partial charge < -0.3 is 4.84 Å². The van der Waals surface area contributed by atoms with Crippen LogP contribution in [0.4, 0.5) is 17.1 Å². The summed E-state index contributed by atoms with van der Waals surface area (Å²) in [5.74, 6) is 0.805. The van der Waals surface area contributed by atoms with Crippen molar-refractivity contribution < 1.29 is 19.6 Å². The van der Waals surface area contributed by atoms with Crippen molar-refractivity contribution >= 4 is 34.5 Å². The molecular formula is C11H10N4O7S. The van der Waals surface area contributed by atoms with Crippen molar-refractivity contribution in [2.24, 2.45) is 5.16 Å². The van der Waals surface area contributed by atoms with E-state index in [9.17, 15) is 30.3 Å². The van der Waals surface area contributed by atoms with E-state index in [1.165, 1.54) is 0 Å². The smallest absolute Gasteiger partial charge is 0.328 e. The summed E-state index contributed by atoms with van der Waals surface area (Å²) in [6, 6.07) is 1.22. The van der Waals surface area contributed by atoms with Crippen LogP contribution in [0.3, 0.4) is 0 Å². The first-order chi connectivity index (χ1) is 10.9. The molecule has 1 fully saturated rings. The molecule has 0 saturated carbocycles. The normalized spacial score (nSPS) is 16.1. The molecule has 1 heterocycles. The Labute approximate surface area is 132 Å². The van der Waals surface area contributed by atoms with E-state index < -0.39 is 37.6 Å². The van der Waals surface area contributed by atoms with Crippen molar-refractivity contribution in [3.8, 4) is 5.75 Å². The molecule has 0 aromatic heterocycles. The molecule has 0 N–H and O–H groups in total. The van der Waals surface area contributed by atoms with Crippen molar-refractivity contribution in [2.45, 2.75) is 12.8 Å². The third-order valence-electron chi connectivity index (χ3n) is 2.93. The van der Waals surface area contributed by atoms with E-state index in [0.29, 0.717) is 30.0 Å². The summed E-state index contributed by atoms with van der Waals surface area (Å²) in [6.45, 7) is 0. The quantitative estimate of drug-likeness (QED) is 0.585. The molecule has 0 radical (unpaired) electrons. The molecule has 2 rings (SSSR count). The Bertz CT molecular complexity index is 663. The van der Waals surface area contributed by atoms with E-state index in [1.54, 1.807) is 11.8 Å². The fourth-order valence-corrected chi connectivity index (χ4v) is 2.80. The van der Waals surface area contributed by atoms with Crippen LogP contribution in [0.15, 0.2) is 17.3 Å². The first-order valence-corrected chi connectivity index (χ1v) is 7.47. The van der Waals surface area contributed by atoms with Crippen LogP contribution in [0, 0.1) is 30.3 Å². The van der Waals surface area contributed by atoms with Crippen LogP contribution in [0.5, 0.6) is 5.75 Å². The predicted octanol–water partition coefficient (Wildman–Crippen LogP) is 2.67. The van der Waals surface area contributed by atoms with Crippen LogP contribution in [0.1, 0.15) is 12.8 Å². The van der Waals surface area contributed by atoms with Crippen LogP contribution >= 0.6 is 11.8 Å². The average Bonchev–Trinajstić information content (AvgIpc) is 2.52. The van der Waals surface area contributed by atoms with Crippen LogP contribution in [0.25, 0.3) is 0 Å². The van der Waals surface area contributed by atoms with Crippen LogP contribution < -0.4 is 4.84 Å². The van der Waals surface area contributed by atoms with Crippen LogP contribution in [-0.4, -0.2) is 32.0 Å². The number of nitrogens with zero attached hydrogens (tertiary/aromatic N) is 4. The Hall–Kier alpha value is -2.76. The SMILES string of the molecule is O=[N+]([O-])c1cc([N+](=O)[O-])c(O/N=C2/CCCSC2)c([N+](=O)[O-])c1. The van der Waals surface area contributed by atoms with E-state index in [0.717, 1.165) is 12.2 Å². The highest BCUT2D eigenvalue weighted by molar-refractivity contribution is 8.00. The van der Waals surface area contributed by atoms with E-state index in [1.807, 2.05) is 0 Å². The molecule has 1 aromatic carbocycles. The zero-order valence-electron chi connectivity index (χ0n) is 11.5. The van der Waals surface area contributed by atoms with Gasteiger partial charge in [0.2, 0.25) is 0 Å². The lowest BCUT2D eigenvalue weighted by Crippen LogP contribution is -2.11.